The number of anilines is 1. The molecule has 1 unspecified atom stereocenters. The largest absolute Gasteiger partial charge is 0.463 e. The van der Waals surface area contributed by atoms with Crippen LogP contribution in [0.2, 0.25) is 0 Å². The number of rotatable bonds is 5. The lowest BCUT2D eigenvalue weighted by Gasteiger charge is -2.22. The Labute approximate surface area is 141 Å². The van der Waals surface area contributed by atoms with Crippen LogP contribution >= 0.6 is 0 Å². The number of nitrogens with one attached hydrogen (secondary N) is 2. The lowest BCUT2D eigenvalue weighted by Crippen LogP contribution is -2.30. The van der Waals surface area contributed by atoms with Gasteiger partial charge in [-0.15, -0.1) is 0 Å². The molecule has 0 aliphatic rings. The topological polar surface area (TPSA) is 134 Å². The van der Waals surface area contributed by atoms with Crippen molar-refractivity contribution in [3.63, 3.8) is 0 Å². The number of hydrogen-bond donors (Lipinski definition) is 3. The Bertz CT molecular complexity index is 1010. The summed E-state index contributed by atoms with van der Waals surface area (Å²) in [7, 11) is 0. The van der Waals surface area contributed by atoms with Gasteiger partial charge in [-0.1, -0.05) is 0 Å². The van der Waals surface area contributed by atoms with Crippen molar-refractivity contribution in [2.45, 2.75) is 19.4 Å². The predicted molar refractivity (Wildman–Crippen MR) is 90.5 cm³/mol. The molecule has 3 rings (SSSR count). The molecule has 1 aromatic carbocycles. The van der Waals surface area contributed by atoms with Crippen LogP contribution in [0.15, 0.2) is 39.8 Å². The SMILES string of the molecule is Cc1ccc(C(C)(O)CNc2cc3nc[nH]c(=O)c3cc2[N+](=O)[O-])o1. The molecule has 0 saturated heterocycles. The third kappa shape index (κ3) is 3.22. The normalized spacial score (nSPS) is 13.6. The highest BCUT2D eigenvalue weighted by molar-refractivity contribution is 5.86. The Hall–Kier alpha value is -3.20. The summed E-state index contributed by atoms with van der Waals surface area (Å²) in [6.45, 7) is 3.26. The summed E-state index contributed by atoms with van der Waals surface area (Å²) in [6.07, 6.45) is 1.22. The first-order valence-corrected chi connectivity index (χ1v) is 7.47. The van der Waals surface area contributed by atoms with Crippen molar-refractivity contribution in [1.29, 1.82) is 0 Å². The minimum atomic E-state index is -1.38. The van der Waals surface area contributed by atoms with Gasteiger partial charge in [-0.2, -0.15) is 0 Å². The molecule has 9 nitrogen and oxygen atoms in total. The molecule has 0 bridgehead atoms. The van der Waals surface area contributed by atoms with Crippen molar-refractivity contribution in [2.24, 2.45) is 0 Å². The Morgan fingerprint density at radius 3 is 2.84 bits per heavy atom. The second kappa shape index (κ2) is 6.02. The van der Waals surface area contributed by atoms with Crippen LogP contribution in [0.3, 0.4) is 0 Å². The second-order valence-electron chi connectivity index (χ2n) is 5.91. The summed E-state index contributed by atoms with van der Waals surface area (Å²) >= 11 is 0. The van der Waals surface area contributed by atoms with Crippen molar-refractivity contribution in [3.8, 4) is 0 Å². The Morgan fingerprint density at radius 2 is 2.20 bits per heavy atom. The van der Waals surface area contributed by atoms with Crippen LogP contribution in [0.5, 0.6) is 0 Å². The highest BCUT2D eigenvalue weighted by Crippen LogP contribution is 2.30. The molecule has 9 heteroatoms. The molecule has 0 amide bonds. The Kier molecular flexibility index (Phi) is 4.01. The molecule has 0 saturated carbocycles. The van der Waals surface area contributed by atoms with Crippen molar-refractivity contribution in [3.05, 3.63) is 62.6 Å². The van der Waals surface area contributed by atoms with E-state index in [9.17, 15) is 20.0 Å². The van der Waals surface area contributed by atoms with Crippen LogP contribution in [0, 0.1) is 17.0 Å². The van der Waals surface area contributed by atoms with Crippen LogP contribution in [0.1, 0.15) is 18.4 Å². The predicted octanol–water partition coefficient (Wildman–Crippen LogP) is 2.05. The standard InChI is InChI=1S/C16H16N4O5/c1-9-3-4-14(25-9)16(2,22)7-17-12-6-11-10(5-13(12)20(23)24)15(21)19-8-18-11/h3-6,8,17,22H,7H2,1-2H3,(H,18,19,21). The van der Waals surface area contributed by atoms with Crippen LogP contribution in [-0.2, 0) is 5.60 Å². The van der Waals surface area contributed by atoms with Gasteiger partial charge in [0.05, 0.1) is 28.7 Å². The van der Waals surface area contributed by atoms with Gasteiger partial charge in [0.1, 0.15) is 22.8 Å². The fourth-order valence-electron chi connectivity index (χ4n) is 2.47. The zero-order valence-corrected chi connectivity index (χ0v) is 13.6. The molecule has 0 aliphatic heterocycles. The summed E-state index contributed by atoms with van der Waals surface area (Å²) in [6, 6.07) is 5.94. The summed E-state index contributed by atoms with van der Waals surface area (Å²) in [5, 5.41) is 24.8. The number of nitro benzene ring substituents is 1. The number of nitro groups is 1. The maximum Gasteiger partial charge on any atom is 0.293 e. The van der Waals surface area contributed by atoms with Crippen LogP contribution in [0.4, 0.5) is 11.4 Å². The van der Waals surface area contributed by atoms with E-state index < -0.39 is 16.1 Å². The number of nitrogens with zero attached hydrogens (tertiary/aromatic N) is 2. The number of aryl methyl sites for hydroxylation is 1. The maximum atomic E-state index is 11.8. The number of aromatic nitrogens is 2. The molecular weight excluding hydrogens is 328 g/mol. The third-order valence-electron chi connectivity index (χ3n) is 3.85. The Morgan fingerprint density at radius 1 is 1.44 bits per heavy atom. The van der Waals surface area contributed by atoms with Crippen LogP contribution in [-0.4, -0.2) is 26.5 Å². The molecule has 0 spiro atoms. The number of H-pyrrole nitrogens is 1. The molecule has 1 atom stereocenters. The summed E-state index contributed by atoms with van der Waals surface area (Å²) in [5.41, 5.74) is -1.65. The first kappa shape index (κ1) is 16.7. The van der Waals surface area contributed by atoms with E-state index in [1.807, 2.05) is 0 Å². The number of hydrogen-bond acceptors (Lipinski definition) is 7. The zero-order chi connectivity index (χ0) is 18.2. The van der Waals surface area contributed by atoms with Crippen molar-refractivity contribution >= 4 is 22.3 Å². The molecule has 0 fully saturated rings. The number of furan rings is 1. The summed E-state index contributed by atoms with van der Waals surface area (Å²) in [4.78, 5) is 28.9. The van der Waals surface area contributed by atoms with E-state index in [4.69, 9.17) is 4.42 Å². The maximum absolute atomic E-state index is 11.8. The van der Waals surface area contributed by atoms with Crippen molar-refractivity contribution in [1.82, 2.24) is 9.97 Å². The number of aromatic amines is 1. The third-order valence-corrected chi connectivity index (χ3v) is 3.85. The summed E-state index contributed by atoms with van der Waals surface area (Å²) in [5.74, 6) is 0.992. The first-order chi connectivity index (χ1) is 11.8. The van der Waals surface area contributed by atoms with Gasteiger partial charge >= 0.3 is 0 Å². The fraction of sp³-hybridized carbons (Fsp3) is 0.250. The summed E-state index contributed by atoms with van der Waals surface area (Å²) < 4.78 is 5.42. The molecule has 0 aliphatic carbocycles. The monoisotopic (exact) mass is 344 g/mol. The van der Waals surface area contributed by atoms with Gasteiger partial charge in [0.15, 0.2) is 0 Å². The first-order valence-electron chi connectivity index (χ1n) is 7.47. The van der Waals surface area contributed by atoms with E-state index in [0.717, 1.165) is 6.07 Å². The minimum absolute atomic E-state index is 0.0323. The lowest BCUT2D eigenvalue weighted by atomic mass is 10.0. The molecule has 2 aromatic heterocycles. The number of aliphatic hydroxyl groups is 1. The van der Waals surface area contributed by atoms with Gasteiger partial charge in [-0.05, 0) is 32.0 Å². The van der Waals surface area contributed by atoms with Gasteiger partial charge in [0.2, 0.25) is 0 Å². The second-order valence-corrected chi connectivity index (χ2v) is 5.91. The molecule has 2 heterocycles. The lowest BCUT2D eigenvalue weighted by molar-refractivity contribution is -0.383. The molecular formula is C16H16N4O5. The van der Waals surface area contributed by atoms with Crippen LogP contribution in [0.25, 0.3) is 10.9 Å². The smallest absolute Gasteiger partial charge is 0.293 e. The van der Waals surface area contributed by atoms with Crippen molar-refractivity contribution < 1.29 is 14.4 Å². The van der Waals surface area contributed by atoms with E-state index in [1.165, 1.54) is 19.3 Å². The van der Waals surface area contributed by atoms with Gasteiger partial charge in [-0.25, -0.2) is 4.98 Å². The highest BCUT2D eigenvalue weighted by atomic mass is 16.6. The van der Waals surface area contributed by atoms with E-state index in [2.05, 4.69) is 15.3 Å². The van der Waals surface area contributed by atoms with Gasteiger partial charge in [-0.3, -0.25) is 14.9 Å². The van der Waals surface area contributed by atoms with Crippen LogP contribution < -0.4 is 10.9 Å². The molecule has 130 valence electrons. The Balaban J connectivity index is 1.96. The van der Waals surface area contributed by atoms with E-state index in [1.54, 1.807) is 19.1 Å². The fourth-order valence-corrected chi connectivity index (χ4v) is 2.47. The van der Waals surface area contributed by atoms with Gasteiger partial charge in [0, 0.05) is 6.07 Å². The molecule has 3 aromatic rings. The van der Waals surface area contributed by atoms with Crippen molar-refractivity contribution in [2.75, 3.05) is 11.9 Å². The average Bonchev–Trinajstić information content (AvgIpc) is 3.00. The van der Waals surface area contributed by atoms with E-state index in [-0.39, 0.29) is 23.3 Å². The van der Waals surface area contributed by atoms with Gasteiger partial charge < -0.3 is 19.8 Å². The molecule has 25 heavy (non-hydrogen) atoms. The quantitative estimate of drug-likeness (QED) is 0.476. The van der Waals surface area contributed by atoms with Gasteiger partial charge in [0.25, 0.3) is 11.2 Å². The van der Waals surface area contributed by atoms with E-state index >= 15 is 0 Å². The number of fused-ring (bicyclic) bond motifs is 1. The average molecular weight is 344 g/mol. The highest BCUT2D eigenvalue weighted by Gasteiger charge is 2.28. The molecule has 0 radical (unpaired) electrons. The minimum Gasteiger partial charge on any atom is -0.463 e. The van der Waals surface area contributed by atoms with E-state index in [0.29, 0.717) is 17.0 Å². The molecule has 3 N–H and O–H groups in total. The number of benzene rings is 1. The zero-order valence-electron chi connectivity index (χ0n) is 13.6.